The Labute approximate surface area is 166 Å². The van der Waals surface area contributed by atoms with Gasteiger partial charge in [-0.05, 0) is 54.8 Å². The molecular weight excluding hydrogens is 381 g/mol. The molecule has 1 aromatic heterocycles. The Bertz CT molecular complexity index is 1070. The van der Waals surface area contributed by atoms with Gasteiger partial charge in [0.05, 0.1) is 23.3 Å². The number of benzene rings is 2. The molecule has 4 rings (SSSR count). The summed E-state index contributed by atoms with van der Waals surface area (Å²) < 4.78 is 46.7. The van der Waals surface area contributed by atoms with E-state index in [0.29, 0.717) is 17.4 Å². The quantitative estimate of drug-likeness (QED) is 0.652. The zero-order valence-corrected chi connectivity index (χ0v) is 16.0. The summed E-state index contributed by atoms with van der Waals surface area (Å²) in [5.74, 6) is -0.750. The fraction of sp³-hybridized carbons (Fsp3) is 0.318. The first-order valence-electron chi connectivity index (χ1n) is 9.55. The molecule has 0 fully saturated rings. The van der Waals surface area contributed by atoms with Crippen molar-refractivity contribution in [1.29, 1.82) is 0 Å². The van der Waals surface area contributed by atoms with Gasteiger partial charge in [0.1, 0.15) is 0 Å². The third-order valence-corrected chi connectivity index (χ3v) is 5.19. The molecule has 1 N–H and O–H groups in total. The molecule has 7 heteroatoms. The number of hydrogen-bond donors (Lipinski definition) is 1. The Balaban J connectivity index is 1.78. The fourth-order valence-electron chi connectivity index (χ4n) is 3.83. The van der Waals surface area contributed by atoms with Crippen molar-refractivity contribution in [3.8, 4) is 0 Å². The maximum atomic E-state index is 13.3. The Morgan fingerprint density at radius 1 is 1.17 bits per heavy atom. The maximum absolute atomic E-state index is 13.3. The number of nitrogens with one attached hydrogen (secondary N) is 1. The maximum Gasteiger partial charge on any atom is 0.416 e. The van der Waals surface area contributed by atoms with Gasteiger partial charge in [-0.1, -0.05) is 18.2 Å². The van der Waals surface area contributed by atoms with E-state index in [1.807, 2.05) is 10.6 Å². The lowest BCUT2D eigenvalue weighted by molar-refractivity contribution is -0.137. The van der Waals surface area contributed by atoms with Gasteiger partial charge < -0.3 is 14.6 Å². The molecule has 4 nitrogen and oxygen atoms in total. The number of carbonyl (C=O) groups excluding carboxylic acids is 1. The van der Waals surface area contributed by atoms with Crippen molar-refractivity contribution in [3.05, 3.63) is 70.4 Å². The normalized spacial score (nSPS) is 14.1. The van der Waals surface area contributed by atoms with Crippen LogP contribution in [-0.2, 0) is 30.4 Å². The molecule has 0 saturated carbocycles. The first-order valence-corrected chi connectivity index (χ1v) is 9.55. The number of halogens is 3. The zero-order valence-electron chi connectivity index (χ0n) is 16.0. The van der Waals surface area contributed by atoms with E-state index in [4.69, 9.17) is 4.74 Å². The number of nitrogens with zero attached hydrogens (tertiary/aromatic N) is 1. The highest BCUT2D eigenvalue weighted by molar-refractivity contribution is 6.03. The van der Waals surface area contributed by atoms with Gasteiger partial charge in [-0.3, -0.25) is 0 Å². The molecule has 29 heavy (non-hydrogen) atoms. The van der Waals surface area contributed by atoms with Crippen LogP contribution in [0.5, 0.6) is 0 Å². The van der Waals surface area contributed by atoms with Crippen molar-refractivity contribution < 1.29 is 22.7 Å². The van der Waals surface area contributed by atoms with Crippen molar-refractivity contribution >= 4 is 16.9 Å². The lowest BCUT2D eigenvalue weighted by Crippen LogP contribution is -2.23. The Morgan fingerprint density at radius 3 is 2.76 bits per heavy atom. The van der Waals surface area contributed by atoms with E-state index < -0.39 is 17.7 Å². The lowest BCUT2D eigenvalue weighted by Gasteiger charge is -2.18. The van der Waals surface area contributed by atoms with Crippen LogP contribution in [0.2, 0.25) is 0 Å². The van der Waals surface area contributed by atoms with Crippen LogP contribution in [-0.4, -0.2) is 23.7 Å². The van der Waals surface area contributed by atoms with E-state index in [-0.39, 0.29) is 12.2 Å². The van der Waals surface area contributed by atoms with E-state index in [1.54, 1.807) is 19.2 Å². The minimum Gasteiger partial charge on any atom is -0.462 e. The van der Waals surface area contributed by atoms with Gasteiger partial charge in [0.2, 0.25) is 0 Å². The summed E-state index contributed by atoms with van der Waals surface area (Å²) in [6, 6.07) is 9.80. The molecule has 0 saturated heterocycles. The van der Waals surface area contributed by atoms with Gasteiger partial charge in [-0.15, -0.1) is 0 Å². The largest absolute Gasteiger partial charge is 0.462 e. The molecule has 0 spiro atoms. The van der Waals surface area contributed by atoms with Crippen LogP contribution in [0.3, 0.4) is 0 Å². The molecule has 1 aliphatic rings. The molecule has 152 valence electrons. The summed E-state index contributed by atoms with van der Waals surface area (Å²) in [4.78, 5) is 12.4. The standard InChI is InChI=1S/C22H21F3N2O2/c1-2-29-21(28)19-11-18(22(23,24)25)10-16-6-8-27(20(16)19)13-14-3-4-17-12-26-7-5-15(17)9-14/h3-4,6,8-11,26H,2,5,7,12-13H2,1H3. The van der Waals surface area contributed by atoms with Gasteiger partial charge in [-0.25, -0.2) is 4.79 Å². The fourth-order valence-corrected chi connectivity index (χ4v) is 3.83. The summed E-state index contributed by atoms with van der Waals surface area (Å²) in [5, 5.41) is 3.70. The Kier molecular flexibility index (Phi) is 5.08. The van der Waals surface area contributed by atoms with Gasteiger partial charge >= 0.3 is 12.1 Å². The molecule has 0 radical (unpaired) electrons. The van der Waals surface area contributed by atoms with E-state index in [1.165, 1.54) is 11.1 Å². The molecule has 2 aromatic carbocycles. The summed E-state index contributed by atoms with van der Waals surface area (Å²) in [6.45, 7) is 3.95. The number of carbonyl (C=O) groups is 1. The highest BCUT2D eigenvalue weighted by atomic mass is 19.4. The minimum absolute atomic E-state index is 0.0659. The molecule has 0 unspecified atom stereocenters. The molecule has 0 aliphatic carbocycles. The molecule has 0 amide bonds. The van der Waals surface area contributed by atoms with E-state index >= 15 is 0 Å². The van der Waals surface area contributed by atoms with E-state index in [9.17, 15) is 18.0 Å². The highest BCUT2D eigenvalue weighted by Gasteiger charge is 2.33. The van der Waals surface area contributed by atoms with Crippen LogP contribution in [0.1, 0.15) is 39.5 Å². The van der Waals surface area contributed by atoms with Crippen LogP contribution in [0.4, 0.5) is 13.2 Å². The highest BCUT2D eigenvalue weighted by Crippen LogP contribution is 2.34. The molecule has 0 atom stereocenters. The molecule has 1 aliphatic heterocycles. The molecule has 0 bridgehead atoms. The SMILES string of the molecule is CCOC(=O)c1cc(C(F)(F)F)cc2ccn(Cc3ccc4c(c3)CCNC4)c12. The molecule has 2 heterocycles. The zero-order chi connectivity index (χ0) is 20.6. The van der Waals surface area contributed by atoms with Crippen LogP contribution in [0, 0.1) is 0 Å². The number of esters is 1. The van der Waals surface area contributed by atoms with Crippen LogP contribution < -0.4 is 5.32 Å². The van der Waals surface area contributed by atoms with Crippen LogP contribution in [0.15, 0.2) is 42.6 Å². The summed E-state index contributed by atoms with van der Waals surface area (Å²) >= 11 is 0. The van der Waals surface area contributed by atoms with Crippen molar-refractivity contribution in [3.63, 3.8) is 0 Å². The number of ether oxygens (including phenoxy) is 1. The minimum atomic E-state index is -4.54. The van der Waals surface area contributed by atoms with Gasteiger partial charge in [0.25, 0.3) is 0 Å². The molecule has 3 aromatic rings. The van der Waals surface area contributed by atoms with Crippen molar-refractivity contribution in [1.82, 2.24) is 9.88 Å². The van der Waals surface area contributed by atoms with Gasteiger partial charge in [0.15, 0.2) is 0 Å². The van der Waals surface area contributed by atoms with Crippen LogP contribution in [0.25, 0.3) is 10.9 Å². The smallest absolute Gasteiger partial charge is 0.416 e. The van der Waals surface area contributed by atoms with Gasteiger partial charge in [-0.2, -0.15) is 13.2 Å². The third kappa shape index (κ3) is 3.87. The first-order chi connectivity index (χ1) is 13.9. The Morgan fingerprint density at radius 2 is 2.00 bits per heavy atom. The predicted molar refractivity (Wildman–Crippen MR) is 104 cm³/mol. The monoisotopic (exact) mass is 402 g/mol. The second-order valence-electron chi connectivity index (χ2n) is 7.15. The first kappa shape index (κ1) is 19.5. The van der Waals surface area contributed by atoms with Crippen molar-refractivity contribution in [2.75, 3.05) is 13.2 Å². The third-order valence-electron chi connectivity index (χ3n) is 5.19. The summed E-state index contributed by atoms with van der Waals surface area (Å²) in [7, 11) is 0. The van der Waals surface area contributed by atoms with Crippen LogP contribution >= 0.6 is 0 Å². The number of hydrogen-bond acceptors (Lipinski definition) is 3. The molecular formula is C22H21F3N2O2. The number of fused-ring (bicyclic) bond motifs is 2. The second kappa shape index (κ2) is 7.55. The lowest BCUT2D eigenvalue weighted by atomic mass is 9.98. The second-order valence-corrected chi connectivity index (χ2v) is 7.15. The van der Waals surface area contributed by atoms with E-state index in [2.05, 4.69) is 17.4 Å². The number of alkyl halides is 3. The van der Waals surface area contributed by atoms with E-state index in [0.717, 1.165) is 37.2 Å². The number of aromatic nitrogens is 1. The summed E-state index contributed by atoms with van der Waals surface area (Å²) in [5.41, 5.74) is 3.12. The number of rotatable bonds is 4. The van der Waals surface area contributed by atoms with Gasteiger partial charge in [0, 0.05) is 24.7 Å². The predicted octanol–water partition coefficient (Wildman–Crippen LogP) is 4.53. The van der Waals surface area contributed by atoms with Crippen molar-refractivity contribution in [2.45, 2.75) is 32.6 Å². The average Bonchev–Trinajstić information content (AvgIpc) is 3.09. The average molecular weight is 402 g/mol. The topological polar surface area (TPSA) is 43.3 Å². The summed E-state index contributed by atoms with van der Waals surface area (Å²) in [6.07, 6.45) is -1.88. The Hall–Kier alpha value is -2.80. The van der Waals surface area contributed by atoms with Crippen molar-refractivity contribution in [2.24, 2.45) is 0 Å².